The van der Waals surface area contributed by atoms with Crippen molar-refractivity contribution in [3.05, 3.63) is 65.7 Å². The molecule has 1 saturated heterocycles. The predicted octanol–water partition coefficient (Wildman–Crippen LogP) is 3.07. The summed E-state index contributed by atoms with van der Waals surface area (Å²) in [4.78, 5) is 12.0. The van der Waals surface area contributed by atoms with Gasteiger partial charge in [-0.2, -0.15) is 0 Å². The number of aryl methyl sites for hydroxylation is 1. The van der Waals surface area contributed by atoms with Crippen LogP contribution in [0, 0.1) is 6.92 Å². The van der Waals surface area contributed by atoms with Crippen LogP contribution in [0.4, 0.5) is 5.69 Å². The zero-order valence-corrected chi connectivity index (χ0v) is 10.7. The van der Waals surface area contributed by atoms with Crippen molar-refractivity contribution in [3.63, 3.8) is 0 Å². The van der Waals surface area contributed by atoms with Crippen molar-refractivity contribution in [1.82, 2.24) is 0 Å². The fraction of sp³-hybridized carbons (Fsp3) is 0.188. The lowest BCUT2D eigenvalue weighted by molar-refractivity contribution is -0.117. The fourth-order valence-corrected chi connectivity index (χ4v) is 2.15. The van der Waals surface area contributed by atoms with E-state index in [2.05, 4.69) is 11.4 Å². The maximum atomic E-state index is 12.0. The first-order chi connectivity index (χ1) is 9.24. The van der Waals surface area contributed by atoms with Gasteiger partial charge in [0.05, 0.1) is 0 Å². The molecule has 0 bridgehead atoms. The topological polar surface area (TPSA) is 41.6 Å². The molecule has 96 valence electrons. The van der Waals surface area contributed by atoms with Crippen LogP contribution < -0.4 is 5.32 Å². The molecule has 2 aromatic carbocycles. The van der Waals surface area contributed by atoms with E-state index < -0.39 is 0 Å². The lowest BCUT2D eigenvalue weighted by Crippen LogP contribution is -2.18. The highest BCUT2D eigenvalue weighted by Gasteiger charge is 2.46. The van der Waals surface area contributed by atoms with Crippen molar-refractivity contribution in [2.45, 2.75) is 19.1 Å². The van der Waals surface area contributed by atoms with Crippen molar-refractivity contribution < 1.29 is 9.53 Å². The third-order valence-corrected chi connectivity index (χ3v) is 3.16. The van der Waals surface area contributed by atoms with Crippen LogP contribution >= 0.6 is 0 Å². The van der Waals surface area contributed by atoms with Gasteiger partial charge in [0.1, 0.15) is 6.10 Å². The molecule has 0 aliphatic carbocycles. The van der Waals surface area contributed by atoms with Crippen molar-refractivity contribution >= 4 is 11.6 Å². The summed E-state index contributed by atoms with van der Waals surface area (Å²) < 4.78 is 5.48. The molecule has 19 heavy (non-hydrogen) atoms. The zero-order chi connectivity index (χ0) is 13.2. The van der Waals surface area contributed by atoms with Gasteiger partial charge < -0.3 is 10.1 Å². The normalized spacial score (nSPS) is 20.9. The Kier molecular flexibility index (Phi) is 3.05. The number of benzene rings is 2. The van der Waals surface area contributed by atoms with Crippen molar-refractivity contribution in [2.24, 2.45) is 0 Å². The highest BCUT2D eigenvalue weighted by molar-refractivity contribution is 5.96. The first kappa shape index (κ1) is 11.9. The number of hydrogen-bond donors (Lipinski definition) is 1. The first-order valence-corrected chi connectivity index (χ1v) is 6.32. The summed E-state index contributed by atoms with van der Waals surface area (Å²) in [6.45, 7) is 2.03. The average Bonchev–Trinajstić information content (AvgIpc) is 3.20. The maximum absolute atomic E-state index is 12.0. The predicted molar refractivity (Wildman–Crippen MR) is 73.9 cm³/mol. The largest absolute Gasteiger partial charge is 0.354 e. The molecule has 1 heterocycles. The van der Waals surface area contributed by atoms with E-state index in [0.29, 0.717) is 0 Å². The van der Waals surface area contributed by atoms with Crippen molar-refractivity contribution in [2.75, 3.05) is 5.32 Å². The van der Waals surface area contributed by atoms with E-state index in [1.54, 1.807) is 0 Å². The molecule has 0 radical (unpaired) electrons. The highest BCUT2D eigenvalue weighted by Crippen LogP contribution is 2.39. The maximum Gasteiger partial charge on any atom is 0.256 e. The summed E-state index contributed by atoms with van der Waals surface area (Å²) in [5, 5.41) is 2.85. The van der Waals surface area contributed by atoms with E-state index in [9.17, 15) is 4.79 Å². The van der Waals surface area contributed by atoms with Gasteiger partial charge in [-0.05, 0) is 24.6 Å². The second-order valence-electron chi connectivity index (χ2n) is 4.75. The Hall–Kier alpha value is -2.13. The highest BCUT2D eigenvalue weighted by atomic mass is 16.6. The van der Waals surface area contributed by atoms with Crippen LogP contribution in [0.5, 0.6) is 0 Å². The molecule has 0 spiro atoms. The van der Waals surface area contributed by atoms with Gasteiger partial charge >= 0.3 is 0 Å². The van der Waals surface area contributed by atoms with Gasteiger partial charge in [0.2, 0.25) is 0 Å². The molecule has 1 N–H and O–H groups in total. The summed E-state index contributed by atoms with van der Waals surface area (Å²) in [5.41, 5.74) is 3.04. The molecule has 2 atom stereocenters. The van der Waals surface area contributed by atoms with Crippen LogP contribution in [-0.2, 0) is 9.53 Å². The molecule has 1 aliphatic heterocycles. The second-order valence-corrected chi connectivity index (χ2v) is 4.75. The number of carbonyl (C=O) groups is 1. The number of anilines is 1. The van der Waals surface area contributed by atoms with Crippen molar-refractivity contribution in [1.29, 1.82) is 0 Å². The van der Waals surface area contributed by atoms with Gasteiger partial charge in [0.25, 0.3) is 5.91 Å². The van der Waals surface area contributed by atoms with E-state index in [1.807, 2.05) is 55.5 Å². The number of amides is 1. The molecule has 2 aromatic rings. The molecular formula is C16H15NO2. The lowest BCUT2D eigenvalue weighted by Gasteiger charge is -2.02. The van der Waals surface area contributed by atoms with E-state index in [1.165, 1.54) is 5.56 Å². The van der Waals surface area contributed by atoms with Crippen LogP contribution in [0.25, 0.3) is 0 Å². The standard InChI is InChI=1S/C16H15NO2/c1-11-6-5-7-12(10-11)14-15(19-14)16(18)17-13-8-3-2-4-9-13/h2-10,14-15H,1H3,(H,17,18)/t14-,15-/m0/s1. The molecule has 0 saturated carbocycles. The number of carbonyl (C=O) groups excluding carboxylic acids is 1. The van der Waals surface area contributed by atoms with E-state index in [-0.39, 0.29) is 18.1 Å². The Labute approximate surface area is 112 Å². The summed E-state index contributed by atoms with van der Waals surface area (Å²) in [5.74, 6) is -0.0855. The Morgan fingerprint density at radius 3 is 2.63 bits per heavy atom. The number of hydrogen-bond acceptors (Lipinski definition) is 2. The Morgan fingerprint density at radius 2 is 1.89 bits per heavy atom. The molecule has 0 aromatic heterocycles. The third-order valence-electron chi connectivity index (χ3n) is 3.16. The van der Waals surface area contributed by atoms with Gasteiger partial charge in [-0.3, -0.25) is 4.79 Å². The minimum atomic E-state index is -0.373. The minimum Gasteiger partial charge on any atom is -0.354 e. The van der Waals surface area contributed by atoms with Gasteiger partial charge in [-0.25, -0.2) is 0 Å². The second kappa shape index (κ2) is 4.86. The van der Waals surface area contributed by atoms with E-state index in [0.717, 1.165) is 11.3 Å². The molecule has 1 amide bonds. The van der Waals surface area contributed by atoms with Crippen molar-refractivity contribution in [3.8, 4) is 0 Å². The molecule has 3 nitrogen and oxygen atoms in total. The number of epoxide rings is 1. The number of para-hydroxylation sites is 1. The number of rotatable bonds is 3. The summed E-state index contributed by atoms with van der Waals surface area (Å²) in [6.07, 6.45) is -0.481. The molecule has 0 unspecified atom stereocenters. The van der Waals surface area contributed by atoms with Gasteiger partial charge in [-0.1, -0.05) is 48.0 Å². The molecule has 1 fully saturated rings. The third kappa shape index (κ3) is 2.66. The monoisotopic (exact) mass is 253 g/mol. The smallest absolute Gasteiger partial charge is 0.256 e. The van der Waals surface area contributed by atoms with Crippen LogP contribution in [0.3, 0.4) is 0 Å². The van der Waals surface area contributed by atoms with Gasteiger partial charge in [0, 0.05) is 5.69 Å². The average molecular weight is 253 g/mol. The van der Waals surface area contributed by atoms with Crippen LogP contribution in [-0.4, -0.2) is 12.0 Å². The molecule has 3 heteroatoms. The Bertz CT molecular complexity index is 595. The Morgan fingerprint density at radius 1 is 1.11 bits per heavy atom. The minimum absolute atomic E-state index is 0.0855. The van der Waals surface area contributed by atoms with Crippen LogP contribution in [0.1, 0.15) is 17.2 Å². The molecular weight excluding hydrogens is 238 g/mol. The molecule has 1 aliphatic rings. The van der Waals surface area contributed by atoms with Gasteiger partial charge in [-0.15, -0.1) is 0 Å². The van der Waals surface area contributed by atoms with E-state index in [4.69, 9.17) is 4.74 Å². The number of ether oxygens (including phenoxy) is 1. The quantitative estimate of drug-likeness (QED) is 0.854. The summed E-state index contributed by atoms with van der Waals surface area (Å²) in [6, 6.07) is 17.5. The summed E-state index contributed by atoms with van der Waals surface area (Å²) in [7, 11) is 0. The molecule has 3 rings (SSSR count). The zero-order valence-electron chi connectivity index (χ0n) is 10.7. The summed E-state index contributed by atoms with van der Waals surface area (Å²) >= 11 is 0. The van der Waals surface area contributed by atoms with Crippen LogP contribution in [0.15, 0.2) is 54.6 Å². The Balaban J connectivity index is 1.65. The SMILES string of the molecule is Cc1cccc([C@@H]2O[C@@H]2C(=O)Nc2ccccc2)c1. The fourth-order valence-electron chi connectivity index (χ4n) is 2.15. The van der Waals surface area contributed by atoms with E-state index >= 15 is 0 Å². The number of nitrogens with one attached hydrogen (secondary N) is 1. The lowest BCUT2D eigenvalue weighted by atomic mass is 10.1. The first-order valence-electron chi connectivity index (χ1n) is 6.32. The van der Waals surface area contributed by atoms with Gasteiger partial charge in [0.15, 0.2) is 6.10 Å². The van der Waals surface area contributed by atoms with Crippen LogP contribution in [0.2, 0.25) is 0 Å².